The highest BCUT2D eigenvalue weighted by atomic mass is 19.1. The number of methoxy groups -OCH3 is 1. The third-order valence-electron chi connectivity index (χ3n) is 1.96. The van der Waals surface area contributed by atoms with Crippen molar-refractivity contribution >= 4 is 0 Å². The molecule has 3 N–H and O–H groups in total. The van der Waals surface area contributed by atoms with E-state index in [0.29, 0.717) is 12.0 Å². The van der Waals surface area contributed by atoms with Crippen LogP contribution in [0, 0.1) is 5.82 Å². The van der Waals surface area contributed by atoms with Gasteiger partial charge in [0.1, 0.15) is 0 Å². The van der Waals surface area contributed by atoms with Crippen molar-refractivity contribution in [1.29, 1.82) is 0 Å². The SMILES string of the molecule is COc1ccc(CC(O)CN)cc1F. The van der Waals surface area contributed by atoms with Crippen LogP contribution < -0.4 is 10.5 Å². The van der Waals surface area contributed by atoms with Crippen LogP contribution in [0.5, 0.6) is 5.75 Å². The van der Waals surface area contributed by atoms with Crippen LogP contribution in [0.25, 0.3) is 0 Å². The summed E-state index contributed by atoms with van der Waals surface area (Å²) in [6.07, 6.45) is -0.264. The number of aliphatic hydroxyl groups excluding tert-OH is 1. The molecule has 0 saturated carbocycles. The summed E-state index contributed by atoms with van der Waals surface area (Å²) in [6, 6.07) is 4.59. The van der Waals surface area contributed by atoms with Crippen molar-refractivity contribution in [2.75, 3.05) is 13.7 Å². The zero-order valence-corrected chi connectivity index (χ0v) is 8.03. The Morgan fingerprint density at radius 3 is 2.79 bits per heavy atom. The number of ether oxygens (including phenoxy) is 1. The molecule has 0 bridgehead atoms. The summed E-state index contributed by atoms with van der Waals surface area (Å²) in [4.78, 5) is 0. The number of rotatable bonds is 4. The van der Waals surface area contributed by atoms with Gasteiger partial charge < -0.3 is 15.6 Å². The summed E-state index contributed by atoms with van der Waals surface area (Å²) >= 11 is 0. The lowest BCUT2D eigenvalue weighted by Gasteiger charge is -2.08. The molecule has 14 heavy (non-hydrogen) atoms. The summed E-state index contributed by atoms with van der Waals surface area (Å²) in [5, 5.41) is 9.25. The molecule has 3 nitrogen and oxygen atoms in total. The third kappa shape index (κ3) is 2.68. The number of benzene rings is 1. The van der Waals surface area contributed by atoms with Crippen LogP contribution >= 0.6 is 0 Å². The van der Waals surface area contributed by atoms with Gasteiger partial charge in [-0.25, -0.2) is 4.39 Å². The molecule has 1 aromatic rings. The maximum absolute atomic E-state index is 13.2. The van der Waals surface area contributed by atoms with Gasteiger partial charge in [0.2, 0.25) is 0 Å². The Morgan fingerprint density at radius 1 is 1.57 bits per heavy atom. The summed E-state index contributed by atoms with van der Waals surface area (Å²) in [7, 11) is 1.41. The van der Waals surface area contributed by atoms with E-state index in [1.165, 1.54) is 19.2 Å². The Balaban J connectivity index is 2.76. The van der Waals surface area contributed by atoms with Crippen molar-refractivity contribution < 1.29 is 14.2 Å². The zero-order chi connectivity index (χ0) is 10.6. The molecule has 0 spiro atoms. The first-order chi connectivity index (χ1) is 6.67. The molecular formula is C10H14FNO2. The molecule has 0 aliphatic rings. The molecule has 1 unspecified atom stereocenters. The monoisotopic (exact) mass is 199 g/mol. The molecule has 0 aliphatic heterocycles. The second-order valence-electron chi connectivity index (χ2n) is 3.06. The normalized spacial score (nSPS) is 12.6. The molecule has 0 fully saturated rings. The maximum Gasteiger partial charge on any atom is 0.165 e. The maximum atomic E-state index is 13.2. The first-order valence-electron chi connectivity index (χ1n) is 4.38. The smallest absolute Gasteiger partial charge is 0.165 e. The van der Waals surface area contributed by atoms with E-state index in [1.807, 2.05) is 0 Å². The van der Waals surface area contributed by atoms with Crippen LogP contribution in [0.2, 0.25) is 0 Å². The van der Waals surface area contributed by atoms with Gasteiger partial charge in [-0.1, -0.05) is 6.07 Å². The van der Waals surface area contributed by atoms with Gasteiger partial charge in [-0.05, 0) is 24.1 Å². The minimum atomic E-state index is -0.622. The molecule has 0 saturated heterocycles. The van der Waals surface area contributed by atoms with E-state index in [9.17, 15) is 9.50 Å². The van der Waals surface area contributed by atoms with Gasteiger partial charge in [0, 0.05) is 6.54 Å². The van der Waals surface area contributed by atoms with Gasteiger partial charge in [0.25, 0.3) is 0 Å². The Bertz CT molecular complexity index is 304. The van der Waals surface area contributed by atoms with Crippen molar-refractivity contribution in [3.05, 3.63) is 29.6 Å². The molecular weight excluding hydrogens is 185 g/mol. The van der Waals surface area contributed by atoms with Crippen molar-refractivity contribution in [3.63, 3.8) is 0 Å². The predicted molar refractivity (Wildman–Crippen MR) is 51.7 cm³/mol. The van der Waals surface area contributed by atoms with E-state index in [1.54, 1.807) is 6.07 Å². The van der Waals surface area contributed by atoms with Crippen LogP contribution in [-0.4, -0.2) is 24.9 Å². The van der Waals surface area contributed by atoms with Crippen LogP contribution in [0.15, 0.2) is 18.2 Å². The molecule has 4 heteroatoms. The minimum Gasteiger partial charge on any atom is -0.494 e. The standard InChI is InChI=1S/C10H14FNO2/c1-14-10-3-2-7(5-9(10)11)4-8(13)6-12/h2-3,5,8,13H,4,6,12H2,1H3. The fourth-order valence-electron chi connectivity index (χ4n) is 1.19. The van der Waals surface area contributed by atoms with Crippen LogP contribution in [0.4, 0.5) is 4.39 Å². The first-order valence-corrected chi connectivity index (χ1v) is 4.38. The van der Waals surface area contributed by atoms with E-state index in [-0.39, 0.29) is 12.3 Å². The lowest BCUT2D eigenvalue weighted by molar-refractivity contribution is 0.183. The summed E-state index contributed by atoms with van der Waals surface area (Å²) in [5.74, 6) is -0.217. The van der Waals surface area contributed by atoms with Crippen LogP contribution in [0.3, 0.4) is 0 Å². The summed E-state index contributed by atoms with van der Waals surface area (Å²) in [5.41, 5.74) is 5.96. The van der Waals surface area contributed by atoms with Gasteiger partial charge >= 0.3 is 0 Å². The number of nitrogens with two attached hydrogens (primary N) is 1. The van der Waals surface area contributed by atoms with E-state index in [2.05, 4.69) is 0 Å². The zero-order valence-electron chi connectivity index (χ0n) is 8.03. The molecule has 0 aliphatic carbocycles. The first kappa shape index (κ1) is 10.9. The Kier molecular flexibility index (Phi) is 3.85. The highest BCUT2D eigenvalue weighted by Gasteiger charge is 2.06. The fraction of sp³-hybridized carbons (Fsp3) is 0.400. The van der Waals surface area contributed by atoms with Gasteiger partial charge in [-0.3, -0.25) is 0 Å². The molecule has 0 aromatic heterocycles. The van der Waals surface area contributed by atoms with Gasteiger partial charge in [-0.15, -0.1) is 0 Å². The van der Waals surface area contributed by atoms with Crippen molar-refractivity contribution in [1.82, 2.24) is 0 Å². The fourth-order valence-corrected chi connectivity index (χ4v) is 1.19. The van der Waals surface area contributed by atoms with E-state index in [0.717, 1.165) is 0 Å². The molecule has 0 heterocycles. The van der Waals surface area contributed by atoms with Gasteiger partial charge in [0.05, 0.1) is 13.2 Å². The second kappa shape index (κ2) is 4.93. The lowest BCUT2D eigenvalue weighted by atomic mass is 10.1. The van der Waals surface area contributed by atoms with Crippen LogP contribution in [-0.2, 0) is 6.42 Å². The van der Waals surface area contributed by atoms with E-state index >= 15 is 0 Å². The van der Waals surface area contributed by atoms with Gasteiger partial charge in [0.15, 0.2) is 11.6 Å². The van der Waals surface area contributed by atoms with Crippen molar-refractivity contribution in [3.8, 4) is 5.75 Å². The molecule has 1 rings (SSSR count). The number of aliphatic hydroxyl groups is 1. The predicted octanol–water partition coefficient (Wildman–Crippen LogP) is 0.696. The quantitative estimate of drug-likeness (QED) is 0.750. The van der Waals surface area contributed by atoms with Crippen molar-refractivity contribution in [2.24, 2.45) is 5.73 Å². The average Bonchev–Trinajstić information content (AvgIpc) is 2.18. The highest BCUT2D eigenvalue weighted by Crippen LogP contribution is 2.18. The Labute approximate surface area is 82.3 Å². The second-order valence-corrected chi connectivity index (χ2v) is 3.06. The Hall–Kier alpha value is -1.13. The number of halogens is 1. The van der Waals surface area contributed by atoms with Crippen LogP contribution in [0.1, 0.15) is 5.56 Å². The van der Waals surface area contributed by atoms with E-state index in [4.69, 9.17) is 10.5 Å². The van der Waals surface area contributed by atoms with Gasteiger partial charge in [-0.2, -0.15) is 0 Å². The molecule has 1 aromatic carbocycles. The molecule has 78 valence electrons. The highest BCUT2D eigenvalue weighted by molar-refractivity contribution is 5.29. The Morgan fingerprint density at radius 2 is 2.29 bits per heavy atom. The largest absolute Gasteiger partial charge is 0.494 e. The van der Waals surface area contributed by atoms with Crippen molar-refractivity contribution in [2.45, 2.75) is 12.5 Å². The molecule has 1 atom stereocenters. The number of hydrogen-bond acceptors (Lipinski definition) is 3. The average molecular weight is 199 g/mol. The third-order valence-corrected chi connectivity index (χ3v) is 1.96. The van der Waals surface area contributed by atoms with E-state index < -0.39 is 11.9 Å². The summed E-state index contributed by atoms with van der Waals surface area (Å²) in [6.45, 7) is 0.174. The lowest BCUT2D eigenvalue weighted by Crippen LogP contribution is -2.21. The molecule has 0 radical (unpaired) electrons. The topological polar surface area (TPSA) is 55.5 Å². The summed E-state index contributed by atoms with van der Waals surface area (Å²) < 4.78 is 17.9. The minimum absolute atomic E-state index is 0.174. The number of hydrogen-bond donors (Lipinski definition) is 2. The molecule has 0 amide bonds.